The highest BCUT2D eigenvalue weighted by molar-refractivity contribution is 5.89. The first-order chi connectivity index (χ1) is 8.43. The summed E-state index contributed by atoms with van der Waals surface area (Å²) in [6.45, 7) is 8.69. The van der Waals surface area contributed by atoms with Gasteiger partial charge in [-0.05, 0) is 31.2 Å². The summed E-state index contributed by atoms with van der Waals surface area (Å²) in [6.07, 6.45) is 1.41. The van der Waals surface area contributed by atoms with Crippen molar-refractivity contribution in [3.8, 4) is 0 Å². The van der Waals surface area contributed by atoms with Crippen molar-refractivity contribution in [2.45, 2.75) is 40.5 Å². The van der Waals surface area contributed by atoms with Crippen molar-refractivity contribution in [2.24, 2.45) is 17.6 Å². The minimum Gasteiger partial charge on any atom is -0.460 e. The molecule has 0 aromatic carbocycles. The molecule has 0 heterocycles. The molecule has 0 spiro atoms. The van der Waals surface area contributed by atoms with Crippen molar-refractivity contribution in [1.82, 2.24) is 0 Å². The number of ether oxygens (including phenoxy) is 1. The van der Waals surface area contributed by atoms with Gasteiger partial charge in [-0.3, -0.25) is 0 Å². The lowest BCUT2D eigenvalue weighted by atomic mass is 9.89. The highest BCUT2D eigenvalue weighted by atomic mass is 16.5. The van der Waals surface area contributed by atoms with Gasteiger partial charge in [0.1, 0.15) is 6.61 Å². The van der Waals surface area contributed by atoms with E-state index in [0.717, 1.165) is 11.1 Å². The highest BCUT2D eigenvalue weighted by Crippen LogP contribution is 2.24. The van der Waals surface area contributed by atoms with E-state index in [-0.39, 0.29) is 25.1 Å². The molecular formula is C14H27NO3. The highest BCUT2D eigenvalue weighted by Gasteiger charge is 2.19. The van der Waals surface area contributed by atoms with Crippen LogP contribution in [0.25, 0.3) is 0 Å². The molecule has 0 atom stereocenters. The van der Waals surface area contributed by atoms with Gasteiger partial charge in [-0.1, -0.05) is 33.3 Å². The molecule has 0 rings (SSSR count). The smallest absolute Gasteiger partial charge is 0.334 e. The van der Waals surface area contributed by atoms with Crippen LogP contribution in [0, 0.1) is 11.8 Å². The van der Waals surface area contributed by atoms with E-state index in [2.05, 4.69) is 27.7 Å². The molecule has 0 saturated carbocycles. The molecule has 0 bridgehead atoms. The zero-order valence-corrected chi connectivity index (χ0v) is 12.0. The average molecular weight is 257 g/mol. The first-order valence-electron chi connectivity index (χ1n) is 6.63. The van der Waals surface area contributed by atoms with Crippen LogP contribution in [0.4, 0.5) is 0 Å². The molecule has 18 heavy (non-hydrogen) atoms. The fourth-order valence-corrected chi connectivity index (χ4v) is 1.92. The summed E-state index contributed by atoms with van der Waals surface area (Å²) < 4.78 is 5.04. The van der Waals surface area contributed by atoms with E-state index in [0.29, 0.717) is 25.3 Å². The van der Waals surface area contributed by atoms with Gasteiger partial charge in [-0.2, -0.15) is 0 Å². The molecule has 0 fully saturated rings. The van der Waals surface area contributed by atoms with Gasteiger partial charge < -0.3 is 15.6 Å². The van der Waals surface area contributed by atoms with E-state index < -0.39 is 0 Å². The number of carbonyl (C=O) groups excluding carboxylic acids is 1. The van der Waals surface area contributed by atoms with Gasteiger partial charge in [0.15, 0.2) is 0 Å². The fraction of sp³-hybridized carbons (Fsp3) is 0.786. The largest absolute Gasteiger partial charge is 0.460 e. The zero-order chi connectivity index (χ0) is 14.1. The molecule has 4 nitrogen and oxygen atoms in total. The third-order valence-corrected chi connectivity index (χ3v) is 2.68. The third kappa shape index (κ3) is 6.17. The molecule has 0 radical (unpaired) electrons. The number of carbonyl (C=O) groups is 1. The quantitative estimate of drug-likeness (QED) is 0.514. The van der Waals surface area contributed by atoms with Crippen LogP contribution in [0.1, 0.15) is 40.5 Å². The molecule has 3 N–H and O–H groups in total. The number of hydrogen-bond donors (Lipinski definition) is 2. The third-order valence-electron chi connectivity index (χ3n) is 2.68. The van der Waals surface area contributed by atoms with Crippen molar-refractivity contribution >= 4 is 5.97 Å². The minimum atomic E-state index is -0.310. The van der Waals surface area contributed by atoms with Crippen LogP contribution in [0.2, 0.25) is 0 Å². The van der Waals surface area contributed by atoms with E-state index >= 15 is 0 Å². The predicted octanol–water partition coefficient (Wildman–Crippen LogP) is 1.87. The Labute approximate surface area is 110 Å². The number of rotatable bonds is 8. The van der Waals surface area contributed by atoms with Crippen LogP contribution in [0.3, 0.4) is 0 Å². The van der Waals surface area contributed by atoms with Gasteiger partial charge in [0.05, 0.1) is 6.61 Å². The average Bonchev–Trinajstić information content (AvgIpc) is 2.29. The Balaban J connectivity index is 5.13. The van der Waals surface area contributed by atoms with Crippen LogP contribution >= 0.6 is 0 Å². The Morgan fingerprint density at radius 1 is 1.28 bits per heavy atom. The summed E-state index contributed by atoms with van der Waals surface area (Å²) in [7, 11) is 0. The number of esters is 1. The van der Waals surface area contributed by atoms with Gasteiger partial charge in [0, 0.05) is 5.57 Å². The number of aliphatic hydroxyl groups excluding tert-OH is 1. The zero-order valence-electron chi connectivity index (χ0n) is 12.0. The summed E-state index contributed by atoms with van der Waals surface area (Å²) in [5.41, 5.74) is 7.42. The Bertz CT molecular complexity index is 283. The summed E-state index contributed by atoms with van der Waals surface area (Å²) in [4.78, 5) is 12.0. The van der Waals surface area contributed by atoms with Gasteiger partial charge in [0.25, 0.3) is 0 Å². The molecule has 0 aliphatic rings. The monoisotopic (exact) mass is 257 g/mol. The van der Waals surface area contributed by atoms with Gasteiger partial charge in [-0.25, -0.2) is 4.79 Å². The number of aliphatic hydroxyl groups is 1. The fourth-order valence-electron chi connectivity index (χ4n) is 1.92. The van der Waals surface area contributed by atoms with E-state index in [9.17, 15) is 4.79 Å². The van der Waals surface area contributed by atoms with Crippen LogP contribution in [0.15, 0.2) is 11.1 Å². The Morgan fingerprint density at radius 3 is 2.28 bits per heavy atom. The van der Waals surface area contributed by atoms with Crippen LogP contribution in [-0.4, -0.2) is 30.8 Å². The summed E-state index contributed by atoms with van der Waals surface area (Å²) in [5.74, 6) is 0.354. The molecule has 4 heteroatoms. The number of hydrogen-bond acceptors (Lipinski definition) is 4. The molecule has 0 unspecified atom stereocenters. The van der Waals surface area contributed by atoms with Gasteiger partial charge >= 0.3 is 5.97 Å². The van der Waals surface area contributed by atoms with E-state index in [4.69, 9.17) is 15.6 Å². The lowest BCUT2D eigenvalue weighted by molar-refractivity contribution is -0.140. The van der Waals surface area contributed by atoms with E-state index in [1.807, 2.05) is 0 Å². The maximum absolute atomic E-state index is 12.0. The van der Waals surface area contributed by atoms with Crippen molar-refractivity contribution in [1.29, 1.82) is 0 Å². The first-order valence-corrected chi connectivity index (χ1v) is 6.63. The summed E-state index contributed by atoms with van der Waals surface area (Å²) in [6, 6.07) is 0. The van der Waals surface area contributed by atoms with Crippen molar-refractivity contribution in [2.75, 3.05) is 19.8 Å². The standard InChI is InChI=1S/C14H27NO3/c1-10(2)9-13(14(17)18-8-7-16)12(5-6-15)11(3)4/h10-11,16H,5-9,15H2,1-4H3. The van der Waals surface area contributed by atoms with Crippen LogP contribution < -0.4 is 5.73 Å². The second-order valence-corrected chi connectivity index (χ2v) is 5.15. The Kier molecular flexibility index (Phi) is 8.67. The summed E-state index contributed by atoms with van der Waals surface area (Å²) >= 11 is 0. The SMILES string of the molecule is CC(C)CC(C(=O)OCCO)=C(CCN)C(C)C. The van der Waals surface area contributed by atoms with Crippen molar-refractivity contribution in [3.05, 3.63) is 11.1 Å². The Hall–Kier alpha value is -0.870. The topological polar surface area (TPSA) is 72.5 Å². The second-order valence-electron chi connectivity index (χ2n) is 5.15. The predicted molar refractivity (Wildman–Crippen MR) is 73.0 cm³/mol. The van der Waals surface area contributed by atoms with Crippen LogP contribution in [0.5, 0.6) is 0 Å². The first kappa shape index (κ1) is 17.1. The molecule has 0 saturated heterocycles. The van der Waals surface area contributed by atoms with Gasteiger partial charge in [0.2, 0.25) is 0 Å². The molecule has 0 amide bonds. The van der Waals surface area contributed by atoms with Crippen molar-refractivity contribution in [3.63, 3.8) is 0 Å². The lowest BCUT2D eigenvalue weighted by Gasteiger charge is -2.18. The molecule has 0 aromatic rings. The van der Waals surface area contributed by atoms with Gasteiger partial charge in [-0.15, -0.1) is 0 Å². The van der Waals surface area contributed by atoms with E-state index in [1.165, 1.54) is 0 Å². The molecular weight excluding hydrogens is 230 g/mol. The number of nitrogens with two attached hydrogens (primary N) is 1. The normalized spacial score (nSPS) is 12.9. The van der Waals surface area contributed by atoms with Crippen molar-refractivity contribution < 1.29 is 14.6 Å². The molecule has 0 aliphatic heterocycles. The summed E-state index contributed by atoms with van der Waals surface area (Å²) in [5, 5.41) is 8.72. The molecule has 0 aromatic heterocycles. The Morgan fingerprint density at radius 2 is 1.89 bits per heavy atom. The maximum atomic E-state index is 12.0. The van der Waals surface area contributed by atoms with Crippen LogP contribution in [-0.2, 0) is 9.53 Å². The van der Waals surface area contributed by atoms with E-state index in [1.54, 1.807) is 0 Å². The lowest BCUT2D eigenvalue weighted by Crippen LogP contribution is -2.18. The minimum absolute atomic E-state index is 0.0500. The molecule has 106 valence electrons. The molecule has 0 aliphatic carbocycles. The second kappa shape index (κ2) is 9.11. The maximum Gasteiger partial charge on any atom is 0.334 e.